The van der Waals surface area contributed by atoms with Crippen molar-refractivity contribution in [1.29, 1.82) is 0 Å². The van der Waals surface area contributed by atoms with Crippen LogP contribution in [0.5, 0.6) is 5.75 Å². The highest BCUT2D eigenvalue weighted by molar-refractivity contribution is 6.35. The van der Waals surface area contributed by atoms with Crippen molar-refractivity contribution in [2.75, 3.05) is 45.8 Å². The van der Waals surface area contributed by atoms with Gasteiger partial charge in [0.2, 0.25) is 5.91 Å². The maximum absolute atomic E-state index is 14.1. The second-order valence-electron chi connectivity index (χ2n) is 15.5. The van der Waals surface area contributed by atoms with E-state index < -0.39 is 59.7 Å². The first kappa shape index (κ1) is 42.5. The number of allylic oxidation sites excluding steroid dienone is 3. The van der Waals surface area contributed by atoms with Gasteiger partial charge in [0, 0.05) is 32.9 Å². The molecule has 0 radical (unpaired) electrons. The lowest BCUT2D eigenvalue weighted by atomic mass is 9.83. The van der Waals surface area contributed by atoms with Crippen molar-refractivity contribution in [3.8, 4) is 5.75 Å². The highest BCUT2D eigenvalue weighted by Gasteiger charge is 2.64. The SMILES string of the molecule is COc1cc2cc(c1Cl)N(C)C(=O)CC(OC(=O)CCCCCN1CCC(C(=O)O)CC1)C1(C)OC1C(C)C1CC(O)(NC(=O)O1)C(OC)C=CC=C(C)C2. The van der Waals surface area contributed by atoms with E-state index in [0.29, 0.717) is 37.1 Å². The van der Waals surface area contributed by atoms with Crippen molar-refractivity contribution in [1.82, 2.24) is 10.2 Å². The van der Waals surface area contributed by atoms with E-state index >= 15 is 0 Å². The summed E-state index contributed by atoms with van der Waals surface area (Å²) in [6.45, 7) is 7.88. The number of piperidine rings is 1. The monoisotopic (exact) mass is 789 g/mol. The molecule has 3 N–H and O–H groups in total. The number of alkyl carbamates (subject to hydrolysis) is 1. The number of hydrogen-bond acceptors (Lipinski definition) is 11. The first-order valence-electron chi connectivity index (χ1n) is 19.1. The highest BCUT2D eigenvalue weighted by Crippen LogP contribution is 2.49. The third-order valence-corrected chi connectivity index (χ3v) is 11.9. The van der Waals surface area contributed by atoms with E-state index in [0.717, 1.165) is 43.6 Å². The van der Waals surface area contributed by atoms with Crippen molar-refractivity contribution in [3.63, 3.8) is 0 Å². The van der Waals surface area contributed by atoms with Crippen molar-refractivity contribution >= 4 is 41.2 Å². The Kier molecular flexibility index (Phi) is 13.9. The summed E-state index contributed by atoms with van der Waals surface area (Å²) in [6, 6.07) is 3.63. The van der Waals surface area contributed by atoms with Crippen LogP contribution in [0.1, 0.15) is 77.7 Å². The predicted molar refractivity (Wildman–Crippen MR) is 204 cm³/mol. The van der Waals surface area contributed by atoms with Gasteiger partial charge in [0.05, 0.1) is 31.2 Å². The van der Waals surface area contributed by atoms with Gasteiger partial charge < -0.3 is 43.7 Å². The Labute approximate surface area is 328 Å². The molecule has 3 fully saturated rings. The number of methoxy groups -OCH3 is 2. The molecule has 55 heavy (non-hydrogen) atoms. The van der Waals surface area contributed by atoms with E-state index in [9.17, 15) is 29.4 Å². The topological polar surface area (TPSA) is 177 Å². The van der Waals surface area contributed by atoms with Crippen LogP contribution in [0.15, 0.2) is 35.9 Å². The number of fused-ring (bicyclic) bond motifs is 5. The number of esters is 1. The van der Waals surface area contributed by atoms with E-state index in [4.69, 9.17) is 35.3 Å². The van der Waals surface area contributed by atoms with Crippen LogP contribution in [0.2, 0.25) is 5.02 Å². The minimum absolute atomic E-state index is 0.0186. The largest absolute Gasteiger partial charge is 0.495 e. The van der Waals surface area contributed by atoms with E-state index in [1.165, 1.54) is 19.1 Å². The summed E-state index contributed by atoms with van der Waals surface area (Å²) in [6.07, 6.45) is 5.07. The molecular weight excluding hydrogens is 734 g/mol. The molecule has 0 spiro atoms. The summed E-state index contributed by atoms with van der Waals surface area (Å²) in [7, 11) is 4.56. The number of nitrogens with one attached hydrogen (secondary N) is 1. The van der Waals surface area contributed by atoms with Crippen molar-refractivity contribution in [2.24, 2.45) is 11.8 Å². The third kappa shape index (κ3) is 10.2. The molecule has 304 valence electrons. The van der Waals surface area contributed by atoms with Crippen LogP contribution in [0, 0.1) is 11.8 Å². The number of halogens is 1. The van der Waals surface area contributed by atoms with Gasteiger partial charge in [0.15, 0.2) is 5.72 Å². The summed E-state index contributed by atoms with van der Waals surface area (Å²) < 4.78 is 29.3. The van der Waals surface area contributed by atoms with Crippen LogP contribution in [0.3, 0.4) is 0 Å². The number of aliphatic hydroxyl groups is 1. The second-order valence-corrected chi connectivity index (χ2v) is 15.9. The summed E-state index contributed by atoms with van der Waals surface area (Å²) in [5.41, 5.74) is -0.707. The number of benzene rings is 1. The molecule has 15 heteroatoms. The van der Waals surface area contributed by atoms with Gasteiger partial charge in [0.25, 0.3) is 0 Å². The number of hydrogen-bond donors (Lipinski definition) is 3. The number of likely N-dealkylation sites (tertiary alicyclic amines) is 1. The Morgan fingerprint density at radius 3 is 2.53 bits per heavy atom. The zero-order chi connectivity index (χ0) is 40.1. The Bertz CT molecular complexity index is 1650. The van der Waals surface area contributed by atoms with Gasteiger partial charge in [-0.3, -0.25) is 19.7 Å². The predicted octanol–water partition coefficient (Wildman–Crippen LogP) is 5.02. The number of carbonyl (C=O) groups is 4. The maximum Gasteiger partial charge on any atom is 0.409 e. The number of carbonyl (C=O) groups excluding carboxylic acids is 3. The average Bonchev–Trinajstić information content (AvgIpc) is 3.84. The van der Waals surface area contributed by atoms with E-state index in [1.54, 1.807) is 26.1 Å². The molecule has 7 atom stereocenters. The maximum atomic E-state index is 14.1. The number of epoxide rings is 1. The number of rotatable bonds is 10. The fourth-order valence-electron chi connectivity index (χ4n) is 8.01. The molecule has 7 unspecified atom stereocenters. The second kappa shape index (κ2) is 18.1. The number of nitrogens with zero attached hydrogens (tertiary/aromatic N) is 2. The van der Waals surface area contributed by atoms with Crippen LogP contribution in [0.25, 0.3) is 0 Å². The van der Waals surface area contributed by atoms with E-state index in [2.05, 4.69) is 10.2 Å². The smallest absolute Gasteiger partial charge is 0.409 e. The number of aliphatic carboxylic acids is 1. The average molecular weight is 790 g/mol. The molecule has 3 saturated heterocycles. The van der Waals surface area contributed by atoms with Crippen LogP contribution in [-0.4, -0.2) is 116 Å². The number of anilines is 1. The van der Waals surface area contributed by atoms with Gasteiger partial charge in [-0.15, -0.1) is 0 Å². The Balaban J connectivity index is 1.36. The molecule has 0 aliphatic carbocycles. The first-order chi connectivity index (χ1) is 26.1. The summed E-state index contributed by atoms with van der Waals surface area (Å²) in [5.74, 6) is -1.92. The van der Waals surface area contributed by atoms with Gasteiger partial charge in [0.1, 0.15) is 34.7 Å². The lowest BCUT2D eigenvalue weighted by Crippen LogP contribution is -2.63. The minimum atomic E-state index is -1.80. The van der Waals surface area contributed by atoms with Crippen LogP contribution in [-0.2, 0) is 39.8 Å². The zero-order valence-corrected chi connectivity index (χ0v) is 33.4. The molecule has 1 aromatic carbocycles. The van der Waals surface area contributed by atoms with Gasteiger partial charge in [-0.25, -0.2) is 4.79 Å². The van der Waals surface area contributed by atoms with Crippen molar-refractivity contribution in [3.05, 3.63) is 46.5 Å². The molecule has 4 aliphatic rings. The normalized spacial score (nSPS) is 30.8. The summed E-state index contributed by atoms with van der Waals surface area (Å²) in [5, 5.41) is 23.8. The lowest BCUT2D eigenvalue weighted by molar-refractivity contribution is -0.154. The van der Waals surface area contributed by atoms with Crippen LogP contribution in [0.4, 0.5) is 10.5 Å². The minimum Gasteiger partial charge on any atom is -0.495 e. The van der Waals surface area contributed by atoms with Gasteiger partial charge in [-0.1, -0.05) is 48.7 Å². The number of unbranched alkanes of at least 4 members (excludes halogenated alkanes) is 2. The third-order valence-electron chi connectivity index (χ3n) is 11.5. The zero-order valence-electron chi connectivity index (χ0n) is 32.7. The van der Waals surface area contributed by atoms with Gasteiger partial charge in [-0.05, 0) is 83.3 Å². The quantitative estimate of drug-likeness (QED) is 0.164. The molecule has 4 bridgehead atoms. The number of ether oxygens (including phenoxy) is 5. The molecule has 0 aromatic heterocycles. The van der Waals surface area contributed by atoms with Gasteiger partial charge in [-0.2, -0.15) is 0 Å². The van der Waals surface area contributed by atoms with E-state index in [-0.39, 0.29) is 36.1 Å². The summed E-state index contributed by atoms with van der Waals surface area (Å²) >= 11 is 6.77. The Morgan fingerprint density at radius 2 is 1.85 bits per heavy atom. The van der Waals surface area contributed by atoms with Crippen molar-refractivity contribution in [2.45, 2.75) is 114 Å². The molecule has 4 heterocycles. The van der Waals surface area contributed by atoms with Crippen LogP contribution < -0.4 is 15.0 Å². The molecular formula is C40H56ClN3O11. The molecule has 2 amide bonds. The lowest BCUT2D eigenvalue weighted by Gasteiger charge is -2.42. The number of carboxylic acid groups (broad SMARTS) is 1. The Morgan fingerprint density at radius 1 is 1.13 bits per heavy atom. The van der Waals surface area contributed by atoms with E-state index in [1.807, 2.05) is 32.1 Å². The molecule has 1 aromatic rings. The first-order valence-corrected chi connectivity index (χ1v) is 19.5. The van der Waals surface area contributed by atoms with Crippen molar-refractivity contribution < 1.29 is 53.1 Å². The number of amides is 2. The Hall–Kier alpha value is -3.69. The molecule has 14 nitrogen and oxygen atoms in total. The van der Waals surface area contributed by atoms with Gasteiger partial charge >= 0.3 is 18.0 Å². The fourth-order valence-corrected chi connectivity index (χ4v) is 8.32. The standard InChI is InChI=1S/C40H56ClN3O11/c1-24-11-10-12-31(52-6)40(50)23-30(53-38(49)42-40)25(2)36-39(3,55-36)32(22-33(45)43(4)28-20-26(19-24)21-29(51-5)35(28)41)54-34(46)13-8-7-9-16-44-17-14-27(15-18-44)37(47)48/h10-12,20-21,25,27,30-32,36,50H,7-9,13-19,22-23H2,1-6H3,(H,42,49)(H,47,48). The highest BCUT2D eigenvalue weighted by atomic mass is 35.5. The number of carboxylic acids is 1. The molecule has 4 aliphatic heterocycles. The molecule has 0 saturated carbocycles. The van der Waals surface area contributed by atoms with Crippen LogP contribution >= 0.6 is 11.6 Å². The fraction of sp³-hybridized carbons (Fsp3) is 0.650. The molecule has 5 rings (SSSR count). The summed E-state index contributed by atoms with van der Waals surface area (Å²) in [4.78, 5) is 55.3.